The maximum atomic E-state index is 5.28. The molecule has 0 fully saturated rings. The number of hydrogen-bond donors (Lipinski definition) is 0. The summed E-state index contributed by atoms with van der Waals surface area (Å²) < 4.78 is 0. The Hall–Kier alpha value is -6.38. The van der Waals surface area contributed by atoms with Crippen LogP contribution in [0.15, 0.2) is 170 Å². The van der Waals surface area contributed by atoms with Gasteiger partial charge < -0.3 is 0 Å². The third-order valence-electron chi connectivity index (χ3n) is 9.79. The van der Waals surface area contributed by atoms with Gasteiger partial charge in [0.15, 0.2) is 0 Å². The highest BCUT2D eigenvalue weighted by atomic mass is 14.8. The van der Waals surface area contributed by atoms with Gasteiger partial charge in [0.05, 0.1) is 22.4 Å². The van der Waals surface area contributed by atoms with Crippen LogP contribution in [0.25, 0.3) is 98.5 Å². The van der Waals surface area contributed by atoms with E-state index in [1.54, 1.807) is 0 Å². The second kappa shape index (κ2) is 10.6. The Labute approximate surface area is 277 Å². The van der Waals surface area contributed by atoms with Crippen molar-refractivity contribution < 1.29 is 0 Å². The van der Waals surface area contributed by atoms with Gasteiger partial charge in [-0.15, -0.1) is 0 Å². The standard InChI is InChI=1S/C46H28N2/c1-2-10-32(11-3-1)45-46(37-17-14-29-8-4-5-12-33(29)27-37)47-42-25-21-35(28-43(42)48-45)34-19-22-38-36(26-34)20-24-41-40(38)23-18-31-16-15-30-9-6-7-13-39(30)44(31)41/h1-28H. The fraction of sp³-hybridized carbons (Fsp3) is 0. The van der Waals surface area contributed by atoms with Crippen LogP contribution in [0, 0.1) is 0 Å². The van der Waals surface area contributed by atoms with Gasteiger partial charge in [0.25, 0.3) is 0 Å². The van der Waals surface area contributed by atoms with E-state index in [0.717, 1.165) is 44.7 Å². The van der Waals surface area contributed by atoms with Gasteiger partial charge in [0, 0.05) is 11.1 Å². The molecule has 1 heterocycles. The average Bonchev–Trinajstić information content (AvgIpc) is 3.16. The van der Waals surface area contributed by atoms with E-state index in [2.05, 4.69) is 164 Å². The molecule has 0 saturated heterocycles. The molecule has 0 aliphatic heterocycles. The molecule has 0 unspecified atom stereocenters. The van der Waals surface area contributed by atoms with Crippen LogP contribution in [0.4, 0.5) is 0 Å². The SMILES string of the molecule is c1ccc(-c2nc3cc(-c4ccc5c(ccc6c5ccc5ccc7ccccc7c56)c4)ccc3nc2-c2ccc3ccccc3c2)cc1. The molecule has 2 nitrogen and oxygen atoms in total. The molecular formula is C46H28N2. The normalized spacial score (nSPS) is 11.8. The third kappa shape index (κ3) is 4.27. The van der Waals surface area contributed by atoms with Crippen molar-refractivity contribution in [1.82, 2.24) is 9.97 Å². The summed E-state index contributed by atoms with van der Waals surface area (Å²) in [4.78, 5) is 10.5. The van der Waals surface area contributed by atoms with Gasteiger partial charge >= 0.3 is 0 Å². The van der Waals surface area contributed by atoms with Crippen molar-refractivity contribution in [2.24, 2.45) is 0 Å². The molecule has 222 valence electrons. The van der Waals surface area contributed by atoms with Gasteiger partial charge in [0.1, 0.15) is 0 Å². The van der Waals surface area contributed by atoms with Crippen molar-refractivity contribution in [3.8, 4) is 33.6 Å². The molecule has 0 atom stereocenters. The number of fused-ring (bicyclic) bond motifs is 9. The lowest BCUT2D eigenvalue weighted by Gasteiger charge is -2.13. The van der Waals surface area contributed by atoms with Crippen molar-refractivity contribution in [3.05, 3.63) is 170 Å². The van der Waals surface area contributed by atoms with Gasteiger partial charge in [-0.2, -0.15) is 0 Å². The molecule has 0 aliphatic rings. The van der Waals surface area contributed by atoms with Crippen LogP contribution < -0.4 is 0 Å². The minimum absolute atomic E-state index is 0.882. The molecule has 0 bridgehead atoms. The van der Waals surface area contributed by atoms with Crippen molar-refractivity contribution >= 4 is 64.9 Å². The quantitative estimate of drug-likeness (QED) is 0.187. The van der Waals surface area contributed by atoms with E-state index in [-0.39, 0.29) is 0 Å². The van der Waals surface area contributed by atoms with Crippen molar-refractivity contribution in [2.45, 2.75) is 0 Å². The van der Waals surface area contributed by atoms with E-state index in [1.165, 1.54) is 53.9 Å². The first kappa shape index (κ1) is 26.8. The fourth-order valence-electron chi connectivity index (χ4n) is 7.40. The number of rotatable bonds is 3. The zero-order chi connectivity index (χ0) is 31.6. The van der Waals surface area contributed by atoms with Crippen molar-refractivity contribution in [3.63, 3.8) is 0 Å². The molecule has 10 aromatic rings. The van der Waals surface area contributed by atoms with Crippen LogP contribution in [-0.2, 0) is 0 Å². The van der Waals surface area contributed by atoms with Gasteiger partial charge in [0.2, 0.25) is 0 Å². The lowest BCUT2D eigenvalue weighted by Crippen LogP contribution is -1.96. The van der Waals surface area contributed by atoms with Gasteiger partial charge in [-0.3, -0.25) is 0 Å². The molecular weight excluding hydrogens is 581 g/mol. The molecule has 0 aliphatic carbocycles. The van der Waals surface area contributed by atoms with Crippen molar-refractivity contribution in [1.29, 1.82) is 0 Å². The van der Waals surface area contributed by atoms with E-state index in [1.807, 2.05) is 6.07 Å². The highest BCUT2D eigenvalue weighted by molar-refractivity contribution is 6.24. The molecule has 0 N–H and O–H groups in total. The van der Waals surface area contributed by atoms with Gasteiger partial charge in [-0.25, -0.2) is 9.97 Å². The van der Waals surface area contributed by atoms with Crippen LogP contribution in [0.5, 0.6) is 0 Å². The molecule has 10 rings (SSSR count). The Bertz CT molecular complexity index is 2890. The summed E-state index contributed by atoms with van der Waals surface area (Å²) >= 11 is 0. The largest absolute Gasteiger partial charge is 0.244 e. The zero-order valence-electron chi connectivity index (χ0n) is 26.1. The summed E-state index contributed by atoms with van der Waals surface area (Å²) in [6, 6.07) is 60.9. The second-order valence-corrected chi connectivity index (χ2v) is 12.6. The Morgan fingerprint density at radius 3 is 1.77 bits per heavy atom. The molecule has 2 heteroatoms. The summed E-state index contributed by atoms with van der Waals surface area (Å²) in [5.41, 5.74) is 7.95. The lowest BCUT2D eigenvalue weighted by atomic mass is 9.92. The van der Waals surface area contributed by atoms with Crippen molar-refractivity contribution in [2.75, 3.05) is 0 Å². The first-order valence-corrected chi connectivity index (χ1v) is 16.4. The third-order valence-corrected chi connectivity index (χ3v) is 9.79. The summed E-state index contributed by atoms with van der Waals surface area (Å²) in [5, 5.41) is 12.6. The molecule has 1 aromatic heterocycles. The number of aromatic nitrogens is 2. The minimum Gasteiger partial charge on any atom is -0.244 e. The zero-order valence-corrected chi connectivity index (χ0v) is 26.1. The predicted molar refractivity (Wildman–Crippen MR) is 203 cm³/mol. The highest BCUT2D eigenvalue weighted by Gasteiger charge is 2.15. The van der Waals surface area contributed by atoms with Gasteiger partial charge in [-0.05, 0) is 89.3 Å². The minimum atomic E-state index is 0.882. The lowest BCUT2D eigenvalue weighted by molar-refractivity contribution is 1.29. The Morgan fingerprint density at radius 2 is 0.854 bits per heavy atom. The van der Waals surface area contributed by atoms with Crippen LogP contribution >= 0.6 is 0 Å². The smallest absolute Gasteiger partial charge is 0.0973 e. The summed E-state index contributed by atoms with van der Waals surface area (Å²) in [6.07, 6.45) is 0. The monoisotopic (exact) mass is 608 g/mol. The van der Waals surface area contributed by atoms with Crippen LogP contribution in [0.1, 0.15) is 0 Å². The van der Waals surface area contributed by atoms with Crippen LogP contribution in [-0.4, -0.2) is 9.97 Å². The maximum absolute atomic E-state index is 5.28. The molecule has 0 amide bonds. The predicted octanol–water partition coefficient (Wildman–Crippen LogP) is 12.4. The second-order valence-electron chi connectivity index (χ2n) is 12.6. The summed E-state index contributed by atoms with van der Waals surface area (Å²) in [5.74, 6) is 0. The maximum Gasteiger partial charge on any atom is 0.0973 e. The Morgan fingerprint density at radius 1 is 0.271 bits per heavy atom. The van der Waals surface area contributed by atoms with E-state index in [9.17, 15) is 0 Å². The first-order chi connectivity index (χ1) is 23.8. The molecule has 0 radical (unpaired) electrons. The van der Waals surface area contributed by atoms with E-state index >= 15 is 0 Å². The molecule has 9 aromatic carbocycles. The molecule has 0 saturated carbocycles. The van der Waals surface area contributed by atoms with E-state index in [4.69, 9.17) is 9.97 Å². The first-order valence-electron chi connectivity index (χ1n) is 16.4. The average molecular weight is 609 g/mol. The fourth-order valence-corrected chi connectivity index (χ4v) is 7.40. The van der Waals surface area contributed by atoms with Gasteiger partial charge in [-0.1, -0.05) is 146 Å². The number of benzene rings is 9. The Balaban J connectivity index is 1.12. The highest BCUT2D eigenvalue weighted by Crippen LogP contribution is 2.38. The molecule has 0 spiro atoms. The summed E-state index contributed by atoms with van der Waals surface area (Å²) in [6.45, 7) is 0. The number of hydrogen-bond acceptors (Lipinski definition) is 2. The van der Waals surface area contributed by atoms with E-state index < -0.39 is 0 Å². The molecule has 48 heavy (non-hydrogen) atoms. The topological polar surface area (TPSA) is 25.8 Å². The summed E-state index contributed by atoms with van der Waals surface area (Å²) in [7, 11) is 0. The Kier molecular flexibility index (Phi) is 5.91. The van der Waals surface area contributed by atoms with Crippen LogP contribution in [0.2, 0.25) is 0 Å². The van der Waals surface area contributed by atoms with E-state index in [0.29, 0.717) is 0 Å². The number of nitrogens with zero attached hydrogens (tertiary/aromatic N) is 2. The van der Waals surface area contributed by atoms with Crippen LogP contribution in [0.3, 0.4) is 0 Å².